The van der Waals surface area contributed by atoms with Gasteiger partial charge >= 0.3 is 0 Å². The van der Waals surface area contributed by atoms with Crippen molar-refractivity contribution in [2.75, 3.05) is 0 Å². The summed E-state index contributed by atoms with van der Waals surface area (Å²) in [6.45, 7) is 2.83. The smallest absolute Gasteiger partial charge is 0.186 e. The summed E-state index contributed by atoms with van der Waals surface area (Å²) in [5.41, 5.74) is 3.18. The number of aryl methyl sites for hydroxylation is 1. The summed E-state index contributed by atoms with van der Waals surface area (Å²) >= 11 is 0. The molecule has 0 atom stereocenters. The molecule has 78 valence electrons. The minimum atomic E-state index is 0.686. The topological polar surface area (TPSA) is 27.7 Å². The zero-order valence-electron chi connectivity index (χ0n) is 9.22. The van der Waals surface area contributed by atoms with Gasteiger partial charge in [-0.05, 0) is 18.6 Å². The second kappa shape index (κ2) is 4.59. The molecular formula is C14H13N2+. The Kier molecular flexibility index (Phi) is 2.98. The highest BCUT2D eigenvalue weighted by atomic mass is 14.9. The van der Waals surface area contributed by atoms with Crippen LogP contribution in [0.1, 0.15) is 16.8 Å². The molecule has 0 aliphatic rings. The van der Waals surface area contributed by atoms with Gasteiger partial charge in [0.2, 0.25) is 0 Å². The lowest BCUT2D eigenvalue weighted by atomic mass is 10.1. The fourth-order valence-corrected chi connectivity index (χ4v) is 1.69. The molecule has 0 radical (unpaired) electrons. The molecule has 1 heterocycles. The van der Waals surface area contributed by atoms with Gasteiger partial charge in [-0.15, -0.1) is 0 Å². The summed E-state index contributed by atoms with van der Waals surface area (Å²) in [4.78, 5) is 0. The molecule has 16 heavy (non-hydrogen) atoms. The predicted octanol–water partition coefficient (Wildman–Crippen LogP) is 2.20. The van der Waals surface area contributed by atoms with Crippen LogP contribution in [0.2, 0.25) is 0 Å². The van der Waals surface area contributed by atoms with Gasteiger partial charge in [-0.1, -0.05) is 24.3 Å². The van der Waals surface area contributed by atoms with Gasteiger partial charge < -0.3 is 0 Å². The van der Waals surface area contributed by atoms with Crippen molar-refractivity contribution in [3.8, 4) is 6.07 Å². The van der Waals surface area contributed by atoms with Gasteiger partial charge in [0.15, 0.2) is 18.8 Å². The second-order valence-corrected chi connectivity index (χ2v) is 3.75. The molecule has 0 spiro atoms. The third-order valence-electron chi connectivity index (χ3n) is 2.66. The lowest BCUT2D eigenvalue weighted by Crippen LogP contribution is -2.37. The summed E-state index contributed by atoms with van der Waals surface area (Å²) in [6.07, 6.45) is 1.94. The Hall–Kier alpha value is -2.14. The molecule has 0 bridgehead atoms. The Balaban J connectivity index is 2.35. The maximum absolute atomic E-state index is 8.99. The van der Waals surface area contributed by atoms with E-state index in [1.54, 1.807) is 0 Å². The summed E-state index contributed by atoms with van der Waals surface area (Å²) in [7, 11) is 0. The average molecular weight is 209 g/mol. The fourth-order valence-electron chi connectivity index (χ4n) is 1.69. The van der Waals surface area contributed by atoms with Crippen LogP contribution in [0, 0.1) is 18.3 Å². The third kappa shape index (κ3) is 2.09. The maximum Gasteiger partial charge on any atom is 0.283 e. The molecule has 1 aromatic heterocycles. The Morgan fingerprint density at radius 3 is 2.62 bits per heavy atom. The predicted molar refractivity (Wildman–Crippen MR) is 61.6 cm³/mol. The van der Waals surface area contributed by atoms with Gasteiger partial charge in [-0.25, -0.2) is 0 Å². The number of nitriles is 1. The molecule has 0 aliphatic heterocycles. The molecule has 2 aromatic rings. The van der Waals surface area contributed by atoms with Crippen LogP contribution in [0.4, 0.5) is 0 Å². The van der Waals surface area contributed by atoms with Crippen LogP contribution in [-0.4, -0.2) is 0 Å². The molecular weight excluding hydrogens is 196 g/mol. The first-order chi connectivity index (χ1) is 7.81. The number of pyridine rings is 1. The summed E-state index contributed by atoms with van der Waals surface area (Å²) < 4.78 is 1.96. The lowest BCUT2D eigenvalue weighted by Gasteiger charge is -2.02. The van der Waals surface area contributed by atoms with E-state index in [-0.39, 0.29) is 0 Å². The normalized spacial score (nSPS) is 9.75. The van der Waals surface area contributed by atoms with Gasteiger partial charge in [0.25, 0.3) is 5.69 Å². The van der Waals surface area contributed by atoms with E-state index in [1.807, 2.05) is 41.1 Å². The Morgan fingerprint density at radius 1 is 1.12 bits per heavy atom. The van der Waals surface area contributed by atoms with E-state index in [9.17, 15) is 0 Å². The van der Waals surface area contributed by atoms with Crippen LogP contribution in [-0.2, 0) is 6.54 Å². The first kappa shape index (κ1) is 10.4. The number of hydrogen-bond donors (Lipinski definition) is 0. The van der Waals surface area contributed by atoms with E-state index in [4.69, 9.17) is 5.26 Å². The Bertz CT molecular complexity index is 538. The molecule has 2 heteroatoms. The second-order valence-electron chi connectivity index (χ2n) is 3.75. The van der Waals surface area contributed by atoms with Crippen molar-refractivity contribution in [1.82, 2.24) is 0 Å². The molecule has 0 amide bonds. The fraction of sp³-hybridized carbons (Fsp3) is 0.143. The van der Waals surface area contributed by atoms with Gasteiger partial charge in [-0.2, -0.15) is 9.83 Å². The van der Waals surface area contributed by atoms with E-state index in [1.165, 1.54) is 11.1 Å². The number of nitrogens with zero attached hydrogens (tertiary/aromatic N) is 2. The minimum Gasteiger partial charge on any atom is -0.186 e. The van der Waals surface area contributed by atoms with Crippen molar-refractivity contribution in [2.45, 2.75) is 13.5 Å². The molecule has 1 aromatic carbocycles. The lowest BCUT2D eigenvalue weighted by molar-refractivity contribution is -0.690. The van der Waals surface area contributed by atoms with Crippen LogP contribution in [0.15, 0.2) is 48.7 Å². The van der Waals surface area contributed by atoms with Crippen LogP contribution in [0.3, 0.4) is 0 Å². The van der Waals surface area contributed by atoms with Gasteiger partial charge in [0.1, 0.15) is 0 Å². The van der Waals surface area contributed by atoms with Crippen molar-refractivity contribution in [3.05, 3.63) is 65.5 Å². The first-order valence-corrected chi connectivity index (χ1v) is 5.24. The molecule has 0 saturated heterocycles. The number of benzene rings is 1. The number of aromatic nitrogens is 1. The molecule has 0 unspecified atom stereocenters. The largest absolute Gasteiger partial charge is 0.283 e. The Morgan fingerprint density at radius 2 is 1.88 bits per heavy atom. The molecule has 2 nitrogen and oxygen atoms in total. The molecule has 2 rings (SSSR count). The van der Waals surface area contributed by atoms with Crippen molar-refractivity contribution in [3.63, 3.8) is 0 Å². The first-order valence-electron chi connectivity index (χ1n) is 5.24. The van der Waals surface area contributed by atoms with Crippen LogP contribution in [0.5, 0.6) is 0 Å². The van der Waals surface area contributed by atoms with Crippen molar-refractivity contribution < 1.29 is 4.57 Å². The summed E-state index contributed by atoms with van der Waals surface area (Å²) in [5.74, 6) is 0. The van der Waals surface area contributed by atoms with E-state index in [2.05, 4.69) is 25.1 Å². The van der Waals surface area contributed by atoms with E-state index in [0.717, 1.165) is 6.54 Å². The van der Waals surface area contributed by atoms with Gasteiger partial charge in [0, 0.05) is 17.7 Å². The van der Waals surface area contributed by atoms with Gasteiger partial charge in [0.05, 0.1) is 0 Å². The molecule has 0 N–H and O–H groups in total. The highest BCUT2D eigenvalue weighted by Crippen LogP contribution is 2.06. The monoisotopic (exact) mass is 209 g/mol. The van der Waals surface area contributed by atoms with Crippen molar-refractivity contribution in [2.24, 2.45) is 0 Å². The zero-order valence-corrected chi connectivity index (χ0v) is 9.22. The zero-order chi connectivity index (χ0) is 11.4. The SMILES string of the molecule is Cc1ccccc1C[n+]1ccccc1C#N. The highest BCUT2D eigenvalue weighted by molar-refractivity contribution is 5.25. The third-order valence-corrected chi connectivity index (χ3v) is 2.66. The molecule has 0 saturated carbocycles. The van der Waals surface area contributed by atoms with Crippen LogP contribution >= 0.6 is 0 Å². The maximum atomic E-state index is 8.99. The average Bonchev–Trinajstić information content (AvgIpc) is 2.33. The Labute approximate surface area is 95.4 Å². The van der Waals surface area contributed by atoms with Crippen LogP contribution in [0.25, 0.3) is 0 Å². The van der Waals surface area contributed by atoms with E-state index >= 15 is 0 Å². The number of hydrogen-bond acceptors (Lipinski definition) is 1. The van der Waals surface area contributed by atoms with Crippen LogP contribution < -0.4 is 4.57 Å². The summed E-state index contributed by atoms with van der Waals surface area (Å²) in [5, 5.41) is 8.99. The number of rotatable bonds is 2. The quantitative estimate of drug-likeness (QED) is 0.697. The standard InChI is InChI=1S/C14H13N2/c1-12-6-2-3-7-13(12)11-16-9-5-4-8-14(16)10-15/h2-9H,11H2,1H3/q+1. The van der Waals surface area contributed by atoms with Crippen molar-refractivity contribution >= 4 is 0 Å². The van der Waals surface area contributed by atoms with Crippen molar-refractivity contribution in [1.29, 1.82) is 5.26 Å². The van der Waals surface area contributed by atoms with Gasteiger partial charge in [-0.3, -0.25) is 0 Å². The molecule has 0 aliphatic carbocycles. The van der Waals surface area contributed by atoms with E-state index < -0.39 is 0 Å². The van der Waals surface area contributed by atoms with E-state index in [0.29, 0.717) is 5.69 Å². The minimum absolute atomic E-state index is 0.686. The molecule has 0 fully saturated rings. The highest BCUT2D eigenvalue weighted by Gasteiger charge is 2.10. The summed E-state index contributed by atoms with van der Waals surface area (Å²) in [6, 6.07) is 16.1.